The highest BCUT2D eigenvalue weighted by molar-refractivity contribution is 5.83. The van der Waals surface area contributed by atoms with Crippen LogP contribution >= 0.6 is 0 Å². The minimum absolute atomic E-state index is 0.0555. The van der Waals surface area contributed by atoms with Crippen molar-refractivity contribution in [2.75, 3.05) is 13.1 Å². The fourth-order valence-corrected chi connectivity index (χ4v) is 2.46. The SMILES string of the molecule is C[C@H]1CCN(C(=O)[C@H](N)c2ccccc2)C[C@@H]1C. The maximum absolute atomic E-state index is 12.4. The molecule has 3 nitrogen and oxygen atoms in total. The topological polar surface area (TPSA) is 46.3 Å². The standard InChI is InChI=1S/C15H22N2O/c1-11-8-9-17(10-12(11)2)15(18)14(16)13-6-4-3-5-7-13/h3-7,11-12,14H,8-10,16H2,1-2H3/t11-,12-,14+/m0/s1. The highest BCUT2D eigenvalue weighted by atomic mass is 16.2. The number of hydrogen-bond acceptors (Lipinski definition) is 2. The van der Waals surface area contributed by atoms with E-state index in [9.17, 15) is 4.79 Å². The summed E-state index contributed by atoms with van der Waals surface area (Å²) in [5.41, 5.74) is 6.96. The van der Waals surface area contributed by atoms with Crippen LogP contribution in [0.3, 0.4) is 0 Å². The lowest BCUT2D eigenvalue weighted by atomic mass is 9.88. The van der Waals surface area contributed by atoms with Crippen LogP contribution < -0.4 is 5.73 Å². The van der Waals surface area contributed by atoms with E-state index < -0.39 is 6.04 Å². The summed E-state index contributed by atoms with van der Waals surface area (Å²) in [6, 6.07) is 9.08. The third kappa shape index (κ3) is 2.72. The van der Waals surface area contributed by atoms with E-state index in [1.807, 2.05) is 35.2 Å². The fourth-order valence-electron chi connectivity index (χ4n) is 2.46. The maximum atomic E-state index is 12.4. The number of piperidine rings is 1. The van der Waals surface area contributed by atoms with Crippen LogP contribution in [0.5, 0.6) is 0 Å². The summed E-state index contributed by atoms with van der Waals surface area (Å²) in [6.07, 6.45) is 1.08. The van der Waals surface area contributed by atoms with E-state index >= 15 is 0 Å². The molecule has 98 valence electrons. The molecule has 1 aliphatic heterocycles. The first kappa shape index (κ1) is 13.1. The normalized spacial score (nSPS) is 25.8. The lowest BCUT2D eigenvalue weighted by molar-refractivity contribution is -0.135. The molecular formula is C15H22N2O. The highest BCUT2D eigenvalue weighted by Crippen LogP contribution is 2.24. The van der Waals surface area contributed by atoms with E-state index in [0.29, 0.717) is 11.8 Å². The largest absolute Gasteiger partial charge is 0.341 e. The van der Waals surface area contributed by atoms with E-state index in [-0.39, 0.29) is 5.91 Å². The van der Waals surface area contributed by atoms with Gasteiger partial charge in [-0.15, -0.1) is 0 Å². The number of likely N-dealkylation sites (tertiary alicyclic amines) is 1. The zero-order chi connectivity index (χ0) is 13.1. The summed E-state index contributed by atoms with van der Waals surface area (Å²) in [7, 11) is 0. The van der Waals surface area contributed by atoms with Gasteiger partial charge in [-0.1, -0.05) is 44.2 Å². The molecule has 3 heteroatoms. The predicted molar refractivity (Wildman–Crippen MR) is 72.9 cm³/mol. The molecule has 0 aliphatic carbocycles. The zero-order valence-electron chi connectivity index (χ0n) is 11.2. The monoisotopic (exact) mass is 246 g/mol. The molecule has 1 aromatic rings. The first-order valence-corrected chi connectivity index (χ1v) is 6.69. The Balaban J connectivity index is 2.03. The molecule has 2 N–H and O–H groups in total. The second kappa shape index (κ2) is 5.53. The lowest BCUT2D eigenvalue weighted by Crippen LogP contribution is -2.46. The molecule has 1 aromatic carbocycles. The number of hydrogen-bond donors (Lipinski definition) is 1. The van der Waals surface area contributed by atoms with Gasteiger partial charge in [0.1, 0.15) is 6.04 Å². The quantitative estimate of drug-likeness (QED) is 0.869. The number of benzene rings is 1. The van der Waals surface area contributed by atoms with E-state index in [4.69, 9.17) is 5.73 Å². The van der Waals surface area contributed by atoms with Crippen molar-refractivity contribution < 1.29 is 4.79 Å². The van der Waals surface area contributed by atoms with Gasteiger partial charge in [0, 0.05) is 13.1 Å². The summed E-state index contributed by atoms with van der Waals surface area (Å²) in [4.78, 5) is 14.3. The molecule has 0 unspecified atom stereocenters. The highest BCUT2D eigenvalue weighted by Gasteiger charge is 2.29. The van der Waals surface area contributed by atoms with Gasteiger partial charge in [0.05, 0.1) is 0 Å². The molecule has 1 fully saturated rings. The fraction of sp³-hybridized carbons (Fsp3) is 0.533. The van der Waals surface area contributed by atoms with E-state index in [0.717, 1.165) is 25.1 Å². The van der Waals surface area contributed by atoms with E-state index in [1.165, 1.54) is 0 Å². The molecule has 1 heterocycles. The molecule has 1 amide bonds. The van der Waals surface area contributed by atoms with Gasteiger partial charge < -0.3 is 10.6 Å². The minimum atomic E-state index is -0.521. The first-order chi connectivity index (χ1) is 8.59. The number of nitrogens with two attached hydrogens (primary N) is 1. The molecule has 1 aliphatic rings. The smallest absolute Gasteiger partial charge is 0.244 e. The Bertz CT molecular complexity index is 404. The van der Waals surface area contributed by atoms with Crippen LogP contribution in [0.15, 0.2) is 30.3 Å². The molecule has 0 spiro atoms. The second-order valence-electron chi connectivity index (χ2n) is 5.42. The number of rotatable bonds is 2. The molecule has 18 heavy (non-hydrogen) atoms. The van der Waals surface area contributed by atoms with Crippen molar-refractivity contribution in [3.05, 3.63) is 35.9 Å². The molecule has 0 bridgehead atoms. The Hall–Kier alpha value is -1.35. The summed E-state index contributed by atoms with van der Waals surface area (Å²) in [6.45, 7) is 6.13. The van der Waals surface area contributed by atoms with Crippen molar-refractivity contribution >= 4 is 5.91 Å². The van der Waals surface area contributed by atoms with Crippen molar-refractivity contribution in [3.63, 3.8) is 0 Å². The van der Waals surface area contributed by atoms with Crippen molar-refractivity contribution in [2.45, 2.75) is 26.3 Å². The van der Waals surface area contributed by atoms with Gasteiger partial charge in [0.25, 0.3) is 0 Å². The zero-order valence-corrected chi connectivity index (χ0v) is 11.2. The Kier molecular flexibility index (Phi) is 4.02. The third-order valence-electron chi connectivity index (χ3n) is 4.07. The van der Waals surface area contributed by atoms with Gasteiger partial charge in [0.2, 0.25) is 5.91 Å². The average molecular weight is 246 g/mol. The van der Waals surface area contributed by atoms with Crippen molar-refractivity contribution in [3.8, 4) is 0 Å². The van der Waals surface area contributed by atoms with Gasteiger partial charge >= 0.3 is 0 Å². The summed E-state index contributed by atoms with van der Waals surface area (Å²) >= 11 is 0. The molecule has 0 saturated carbocycles. The summed E-state index contributed by atoms with van der Waals surface area (Å²) in [5, 5.41) is 0. The predicted octanol–water partition coefficient (Wildman–Crippen LogP) is 2.19. The molecule has 3 atom stereocenters. The van der Waals surface area contributed by atoms with Gasteiger partial charge in [-0.25, -0.2) is 0 Å². The van der Waals surface area contributed by atoms with Gasteiger partial charge in [0.15, 0.2) is 0 Å². The van der Waals surface area contributed by atoms with Crippen LogP contribution in [0.2, 0.25) is 0 Å². The molecular weight excluding hydrogens is 224 g/mol. The van der Waals surface area contributed by atoms with E-state index in [1.54, 1.807) is 0 Å². The molecule has 0 radical (unpaired) electrons. The Morgan fingerprint density at radius 2 is 1.94 bits per heavy atom. The Labute approximate surface area is 109 Å². The Morgan fingerprint density at radius 3 is 2.56 bits per heavy atom. The minimum Gasteiger partial charge on any atom is -0.341 e. The molecule has 2 rings (SSSR count). The van der Waals surface area contributed by atoms with Crippen molar-refractivity contribution in [1.29, 1.82) is 0 Å². The van der Waals surface area contributed by atoms with Crippen molar-refractivity contribution in [2.24, 2.45) is 17.6 Å². The number of carbonyl (C=O) groups is 1. The van der Waals surface area contributed by atoms with Crippen LogP contribution in [0.25, 0.3) is 0 Å². The lowest BCUT2D eigenvalue weighted by Gasteiger charge is -2.36. The number of nitrogens with zero attached hydrogens (tertiary/aromatic N) is 1. The van der Waals surface area contributed by atoms with Gasteiger partial charge in [-0.3, -0.25) is 4.79 Å². The Morgan fingerprint density at radius 1 is 1.28 bits per heavy atom. The van der Waals surface area contributed by atoms with Gasteiger partial charge in [-0.2, -0.15) is 0 Å². The number of carbonyl (C=O) groups excluding carboxylic acids is 1. The molecule has 1 saturated heterocycles. The summed E-state index contributed by atoms with van der Waals surface area (Å²) < 4.78 is 0. The van der Waals surface area contributed by atoms with Gasteiger partial charge in [-0.05, 0) is 23.8 Å². The van der Waals surface area contributed by atoms with Crippen LogP contribution in [0, 0.1) is 11.8 Å². The van der Waals surface area contributed by atoms with E-state index in [2.05, 4.69) is 13.8 Å². The molecule has 0 aromatic heterocycles. The van der Waals surface area contributed by atoms with Crippen molar-refractivity contribution in [1.82, 2.24) is 4.90 Å². The third-order valence-corrected chi connectivity index (χ3v) is 4.07. The van der Waals surface area contributed by atoms with Crippen LogP contribution in [-0.4, -0.2) is 23.9 Å². The van der Waals surface area contributed by atoms with Crippen LogP contribution in [-0.2, 0) is 4.79 Å². The second-order valence-corrected chi connectivity index (χ2v) is 5.42. The van der Waals surface area contributed by atoms with Crippen LogP contribution in [0.1, 0.15) is 31.9 Å². The number of amides is 1. The van der Waals surface area contributed by atoms with Crippen LogP contribution in [0.4, 0.5) is 0 Å². The first-order valence-electron chi connectivity index (χ1n) is 6.69. The summed E-state index contributed by atoms with van der Waals surface area (Å²) in [5.74, 6) is 1.31. The maximum Gasteiger partial charge on any atom is 0.244 e. The average Bonchev–Trinajstić information content (AvgIpc) is 2.41.